The predicted molar refractivity (Wildman–Crippen MR) is 78.6 cm³/mol. The van der Waals surface area contributed by atoms with Gasteiger partial charge in [-0.1, -0.05) is 24.6 Å². The molecule has 106 valence electrons. The number of aromatic nitrogens is 2. The van der Waals surface area contributed by atoms with Gasteiger partial charge in [0.15, 0.2) is 0 Å². The first-order valence-electron chi connectivity index (χ1n) is 7.32. The van der Waals surface area contributed by atoms with Crippen LogP contribution in [0, 0.1) is 5.92 Å². The van der Waals surface area contributed by atoms with Crippen LogP contribution in [0.5, 0.6) is 0 Å². The molecule has 0 aliphatic heterocycles. The lowest BCUT2D eigenvalue weighted by molar-refractivity contribution is 0.131. The summed E-state index contributed by atoms with van der Waals surface area (Å²) in [6.45, 7) is 1.63. The highest BCUT2D eigenvalue weighted by atomic mass is 16.3. The number of aliphatic hydroxyl groups is 1. The smallest absolute Gasteiger partial charge is 0.0766 e. The van der Waals surface area contributed by atoms with Crippen molar-refractivity contribution in [3.63, 3.8) is 0 Å². The van der Waals surface area contributed by atoms with E-state index in [0.29, 0.717) is 5.92 Å². The Morgan fingerprint density at radius 2 is 2.05 bits per heavy atom. The van der Waals surface area contributed by atoms with Crippen LogP contribution in [0.4, 0.5) is 0 Å². The summed E-state index contributed by atoms with van der Waals surface area (Å²) in [6, 6.07) is 12.1. The minimum absolute atomic E-state index is 0.121. The monoisotopic (exact) mass is 271 g/mol. The summed E-state index contributed by atoms with van der Waals surface area (Å²) in [7, 11) is 0. The van der Waals surface area contributed by atoms with Crippen LogP contribution in [0.15, 0.2) is 42.6 Å². The average molecular weight is 271 g/mol. The molecular weight excluding hydrogens is 250 g/mol. The van der Waals surface area contributed by atoms with Crippen LogP contribution in [0.2, 0.25) is 0 Å². The van der Waals surface area contributed by atoms with E-state index < -0.39 is 0 Å². The summed E-state index contributed by atoms with van der Waals surface area (Å²) in [6.07, 6.45) is 5.10. The molecule has 2 aromatic rings. The van der Waals surface area contributed by atoms with E-state index in [4.69, 9.17) is 0 Å². The third-order valence-corrected chi connectivity index (χ3v) is 4.00. The van der Waals surface area contributed by atoms with Gasteiger partial charge >= 0.3 is 0 Å². The van der Waals surface area contributed by atoms with Crippen molar-refractivity contribution in [3.8, 4) is 5.69 Å². The van der Waals surface area contributed by atoms with E-state index in [9.17, 15) is 5.11 Å². The molecule has 1 fully saturated rings. The summed E-state index contributed by atoms with van der Waals surface area (Å²) < 4.78 is 1.89. The van der Waals surface area contributed by atoms with Crippen LogP contribution in [-0.2, 0) is 6.54 Å². The third kappa shape index (κ3) is 3.08. The number of benzene rings is 1. The lowest BCUT2D eigenvalue weighted by atomic mass is 10.1. The van der Waals surface area contributed by atoms with E-state index in [0.717, 1.165) is 43.7 Å². The van der Waals surface area contributed by atoms with Gasteiger partial charge in [-0.05, 0) is 37.0 Å². The summed E-state index contributed by atoms with van der Waals surface area (Å²) in [5.41, 5.74) is 2.10. The maximum Gasteiger partial charge on any atom is 0.0766 e. The van der Waals surface area contributed by atoms with Crippen molar-refractivity contribution in [1.29, 1.82) is 0 Å². The van der Waals surface area contributed by atoms with Gasteiger partial charge in [-0.15, -0.1) is 0 Å². The first kappa shape index (κ1) is 13.3. The number of nitrogens with one attached hydrogen (secondary N) is 1. The first-order chi connectivity index (χ1) is 9.83. The third-order valence-electron chi connectivity index (χ3n) is 4.00. The summed E-state index contributed by atoms with van der Waals surface area (Å²) in [5.74, 6) is 0.409. The Balaban J connectivity index is 1.53. The Labute approximate surface area is 119 Å². The van der Waals surface area contributed by atoms with Crippen molar-refractivity contribution < 1.29 is 5.11 Å². The van der Waals surface area contributed by atoms with Crippen LogP contribution in [0.1, 0.15) is 25.0 Å². The second kappa shape index (κ2) is 6.20. The van der Waals surface area contributed by atoms with E-state index in [1.165, 1.54) is 0 Å². The number of hydrogen-bond donors (Lipinski definition) is 2. The Morgan fingerprint density at radius 1 is 1.20 bits per heavy atom. The van der Waals surface area contributed by atoms with E-state index >= 15 is 0 Å². The van der Waals surface area contributed by atoms with Crippen molar-refractivity contribution in [2.45, 2.75) is 31.9 Å². The summed E-state index contributed by atoms with van der Waals surface area (Å²) in [4.78, 5) is 0. The molecule has 20 heavy (non-hydrogen) atoms. The quantitative estimate of drug-likeness (QED) is 0.876. The van der Waals surface area contributed by atoms with Crippen molar-refractivity contribution in [1.82, 2.24) is 15.1 Å². The van der Waals surface area contributed by atoms with E-state index in [1.807, 2.05) is 47.3 Å². The Hall–Kier alpha value is -1.65. The molecule has 1 aromatic carbocycles. The normalized spacial score (nSPS) is 22.2. The maximum atomic E-state index is 9.78. The van der Waals surface area contributed by atoms with Crippen LogP contribution in [0.3, 0.4) is 0 Å². The summed E-state index contributed by atoms with van der Waals surface area (Å²) >= 11 is 0. The number of aliphatic hydroxyl groups excluding tert-OH is 1. The fourth-order valence-electron chi connectivity index (χ4n) is 2.82. The van der Waals surface area contributed by atoms with E-state index in [-0.39, 0.29) is 6.10 Å². The highest BCUT2D eigenvalue weighted by Gasteiger charge is 2.24. The minimum atomic E-state index is -0.121. The fourth-order valence-corrected chi connectivity index (χ4v) is 2.82. The Bertz CT molecular complexity index is 538. The van der Waals surface area contributed by atoms with Gasteiger partial charge in [-0.2, -0.15) is 5.10 Å². The molecule has 4 heteroatoms. The number of nitrogens with zero attached hydrogens (tertiary/aromatic N) is 2. The van der Waals surface area contributed by atoms with Gasteiger partial charge in [-0.25, -0.2) is 4.68 Å². The lowest BCUT2D eigenvalue weighted by Crippen LogP contribution is -2.27. The van der Waals surface area contributed by atoms with Crippen LogP contribution in [0.25, 0.3) is 5.69 Å². The van der Waals surface area contributed by atoms with Crippen molar-refractivity contribution in [3.05, 3.63) is 48.3 Å². The van der Waals surface area contributed by atoms with Crippen LogP contribution >= 0.6 is 0 Å². The molecule has 1 aliphatic rings. The molecule has 3 rings (SSSR count). The van der Waals surface area contributed by atoms with Gasteiger partial charge in [0.25, 0.3) is 0 Å². The van der Waals surface area contributed by atoms with Crippen LogP contribution in [-0.4, -0.2) is 27.5 Å². The number of rotatable bonds is 5. The molecule has 1 aromatic heterocycles. The van der Waals surface area contributed by atoms with E-state index in [2.05, 4.69) is 10.4 Å². The number of hydrogen-bond acceptors (Lipinski definition) is 3. The fraction of sp³-hybridized carbons (Fsp3) is 0.438. The molecule has 2 N–H and O–H groups in total. The first-order valence-corrected chi connectivity index (χ1v) is 7.32. The minimum Gasteiger partial charge on any atom is -0.393 e. The van der Waals surface area contributed by atoms with Gasteiger partial charge < -0.3 is 10.4 Å². The SMILES string of the molecule is OC1CCCC1CNCc1ccn(-c2ccccc2)n1. The lowest BCUT2D eigenvalue weighted by Gasteiger charge is -2.14. The molecule has 2 atom stereocenters. The van der Waals surface area contributed by atoms with E-state index in [1.54, 1.807) is 0 Å². The van der Waals surface area contributed by atoms with Gasteiger partial charge in [-0.3, -0.25) is 0 Å². The number of para-hydroxylation sites is 1. The highest BCUT2D eigenvalue weighted by molar-refractivity contribution is 5.30. The molecule has 0 saturated heterocycles. The average Bonchev–Trinajstić information content (AvgIpc) is 3.10. The van der Waals surface area contributed by atoms with Gasteiger partial charge in [0.2, 0.25) is 0 Å². The highest BCUT2D eigenvalue weighted by Crippen LogP contribution is 2.24. The molecular formula is C16H21N3O. The Kier molecular flexibility index (Phi) is 4.14. The van der Waals surface area contributed by atoms with Crippen molar-refractivity contribution in [2.24, 2.45) is 5.92 Å². The van der Waals surface area contributed by atoms with Crippen molar-refractivity contribution in [2.75, 3.05) is 6.54 Å². The van der Waals surface area contributed by atoms with Gasteiger partial charge in [0, 0.05) is 19.3 Å². The predicted octanol–water partition coefficient (Wildman–Crippen LogP) is 2.12. The van der Waals surface area contributed by atoms with Gasteiger partial charge in [0.05, 0.1) is 17.5 Å². The largest absolute Gasteiger partial charge is 0.393 e. The summed E-state index contributed by atoms with van der Waals surface area (Å²) in [5, 5.41) is 17.7. The van der Waals surface area contributed by atoms with Gasteiger partial charge in [0.1, 0.15) is 0 Å². The zero-order valence-electron chi connectivity index (χ0n) is 11.6. The molecule has 4 nitrogen and oxygen atoms in total. The molecule has 1 heterocycles. The molecule has 0 radical (unpaired) electrons. The standard InChI is InChI=1S/C16H21N3O/c20-16-8-4-5-13(16)11-17-12-14-9-10-19(18-14)15-6-2-1-3-7-15/h1-3,6-7,9-10,13,16-17,20H,4-5,8,11-12H2. The second-order valence-corrected chi connectivity index (χ2v) is 5.48. The maximum absolute atomic E-state index is 9.78. The molecule has 2 unspecified atom stereocenters. The molecule has 0 amide bonds. The Morgan fingerprint density at radius 3 is 2.80 bits per heavy atom. The molecule has 0 spiro atoms. The molecule has 1 saturated carbocycles. The zero-order valence-corrected chi connectivity index (χ0v) is 11.6. The molecule has 1 aliphatic carbocycles. The molecule has 0 bridgehead atoms. The second-order valence-electron chi connectivity index (χ2n) is 5.48. The zero-order chi connectivity index (χ0) is 13.8. The topological polar surface area (TPSA) is 50.1 Å². The van der Waals surface area contributed by atoms with Crippen molar-refractivity contribution >= 4 is 0 Å². The van der Waals surface area contributed by atoms with Crippen LogP contribution < -0.4 is 5.32 Å².